The Kier molecular flexibility index (Phi) is 4.34. The van der Waals surface area contributed by atoms with Gasteiger partial charge in [0.15, 0.2) is 0 Å². The van der Waals surface area contributed by atoms with Gasteiger partial charge in [-0.1, -0.05) is 19.1 Å². The van der Waals surface area contributed by atoms with Crippen LogP contribution in [0.3, 0.4) is 0 Å². The topological polar surface area (TPSA) is 39.9 Å². The molecule has 0 aliphatic rings. The van der Waals surface area contributed by atoms with Crippen molar-refractivity contribution in [2.75, 3.05) is 6.61 Å². The van der Waals surface area contributed by atoms with Gasteiger partial charge in [0, 0.05) is 0 Å². The maximum Gasteiger partial charge on any atom is 0.119 e. The van der Waals surface area contributed by atoms with Gasteiger partial charge in [-0.25, -0.2) is 4.68 Å². The summed E-state index contributed by atoms with van der Waals surface area (Å²) in [5, 5.41) is 7.72. The summed E-state index contributed by atoms with van der Waals surface area (Å²) in [6.45, 7) is 5.24. The molecule has 2 rings (SSSR count). The molecule has 1 heterocycles. The second kappa shape index (κ2) is 6.19. The molecule has 0 fully saturated rings. The molecule has 4 heteroatoms. The van der Waals surface area contributed by atoms with Gasteiger partial charge >= 0.3 is 0 Å². The van der Waals surface area contributed by atoms with Crippen LogP contribution in [0.25, 0.3) is 5.69 Å². The monoisotopic (exact) mass is 245 g/mol. The Balaban J connectivity index is 1.84. The van der Waals surface area contributed by atoms with Gasteiger partial charge in [0.2, 0.25) is 0 Å². The number of rotatable bonds is 6. The lowest BCUT2D eigenvalue weighted by atomic mass is 10.1. The van der Waals surface area contributed by atoms with E-state index in [4.69, 9.17) is 4.74 Å². The zero-order chi connectivity index (χ0) is 12.8. The van der Waals surface area contributed by atoms with Crippen molar-refractivity contribution in [2.45, 2.75) is 26.7 Å². The Morgan fingerprint density at radius 1 is 1.22 bits per heavy atom. The Hall–Kier alpha value is -1.84. The molecule has 0 saturated heterocycles. The largest absolute Gasteiger partial charge is 0.494 e. The van der Waals surface area contributed by atoms with Gasteiger partial charge in [-0.3, -0.25) is 0 Å². The first kappa shape index (κ1) is 12.6. The van der Waals surface area contributed by atoms with E-state index in [0.717, 1.165) is 30.4 Å². The fraction of sp³-hybridized carbons (Fsp3) is 0.429. The van der Waals surface area contributed by atoms with Crippen molar-refractivity contribution in [3.05, 3.63) is 36.7 Å². The first-order valence-corrected chi connectivity index (χ1v) is 6.35. The molecule has 0 saturated carbocycles. The van der Waals surface area contributed by atoms with Crippen molar-refractivity contribution in [2.24, 2.45) is 5.92 Å². The van der Waals surface area contributed by atoms with Gasteiger partial charge in [0.05, 0.1) is 24.7 Å². The van der Waals surface area contributed by atoms with Crippen LogP contribution in [0.5, 0.6) is 5.75 Å². The Bertz CT molecular complexity index is 448. The Morgan fingerprint density at radius 3 is 2.61 bits per heavy atom. The molecule has 2 aromatic rings. The molecule has 0 unspecified atom stereocenters. The summed E-state index contributed by atoms with van der Waals surface area (Å²) in [6, 6.07) is 7.89. The second-order valence-electron chi connectivity index (χ2n) is 4.73. The van der Waals surface area contributed by atoms with Crippen LogP contribution in [-0.2, 0) is 0 Å². The molecule has 0 amide bonds. The van der Waals surface area contributed by atoms with Gasteiger partial charge < -0.3 is 4.74 Å². The predicted octanol–water partition coefficient (Wildman–Crippen LogP) is 3.08. The van der Waals surface area contributed by atoms with Crippen molar-refractivity contribution >= 4 is 0 Å². The first-order chi connectivity index (χ1) is 8.75. The highest BCUT2D eigenvalue weighted by molar-refractivity contribution is 5.36. The van der Waals surface area contributed by atoms with Gasteiger partial charge in [0.1, 0.15) is 5.75 Å². The van der Waals surface area contributed by atoms with E-state index in [-0.39, 0.29) is 0 Å². The van der Waals surface area contributed by atoms with E-state index >= 15 is 0 Å². The molecule has 0 aliphatic heterocycles. The summed E-state index contributed by atoms with van der Waals surface area (Å²) in [7, 11) is 0. The molecule has 18 heavy (non-hydrogen) atoms. The van der Waals surface area contributed by atoms with Crippen LogP contribution in [0, 0.1) is 5.92 Å². The van der Waals surface area contributed by atoms with Crippen LogP contribution in [0.2, 0.25) is 0 Å². The summed E-state index contributed by atoms with van der Waals surface area (Å²) in [4.78, 5) is 0. The zero-order valence-corrected chi connectivity index (χ0v) is 10.9. The highest BCUT2D eigenvalue weighted by Gasteiger charge is 1.99. The third-order valence-corrected chi connectivity index (χ3v) is 2.72. The molecule has 0 N–H and O–H groups in total. The molecule has 1 aromatic carbocycles. The van der Waals surface area contributed by atoms with Crippen LogP contribution in [-0.4, -0.2) is 21.6 Å². The fourth-order valence-electron chi connectivity index (χ4n) is 1.72. The standard InChI is InChI=1S/C14H19N3O/c1-12(2)4-3-11-18-14-7-5-13(6-8-14)17-10-9-15-16-17/h5-10,12H,3-4,11H2,1-2H3. The summed E-state index contributed by atoms with van der Waals surface area (Å²) < 4.78 is 7.41. The molecular weight excluding hydrogens is 226 g/mol. The van der Waals surface area contributed by atoms with Gasteiger partial charge in [0.25, 0.3) is 0 Å². The van der Waals surface area contributed by atoms with E-state index in [1.165, 1.54) is 6.42 Å². The molecule has 0 aliphatic carbocycles. The van der Waals surface area contributed by atoms with Gasteiger partial charge in [-0.2, -0.15) is 0 Å². The lowest BCUT2D eigenvalue weighted by molar-refractivity contribution is 0.297. The first-order valence-electron chi connectivity index (χ1n) is 6.35. The van der Waals surface area contributed by atoms with Crippen LogP contribution < -0.4 is 4.74 Å². The van der Waals surface area contributed by atoms with E-state index in [2.05, 4.69) is 24.2 Å². The Labute approximate surface area is 108 Å². The summed E-state index contributed by atoms with van der Waals surface area (Å²) >= 11 is 0. The lowest BCUT2D eigenvalue weighted by Gasteiger charge is -2.08. The lowest BCUT2D eigenvalue weighted by Crippen LogP contribution is -2.00. The average Bonchev–Trinajstić information content (AvgIpc) is 2.89. The number of benzene rings is 1. The fourth-order valence-corrected chi connectivity index (χ4v) is 1.72. The molecule has 0 atom stereocenters. The third kappa shape index (κ3) is 3.58. The maximum atomic E-state index is 5.68. The number of nitrogens with zero attached hydrogens (tertiary/aromatic N) is 3. The Morgan fingerprint density at radius 2 is 2.00 bits per heavy atom. The average molecular weight is 245 g/mol. The van der Waals surface area contributed by atoms with Crippen LogP contribution in [0.1, 0.15) is 26.7 Å². The molecule has 4 nitrogen and oxygen atoms in total. The van der Waals surface area contributed by atoms with Crippen molar-refractivity contribution in [1.29, 1.82) is 0 Å². The number of ether oxygens (including phenoxy) is 1. The minimum Gasteiger partial charge on any atom is -0.494 e. The smallest absolute Gasteiger partial charge is 0.119 e. The minimum atomic E-state index is 0.739. The second-order valence-corrected chi connectivity index (χ2v) is 4.73. The number of aromatic nitrogens is 3. The van der Waals surface area contributed by atoms with Crippen LogP contribution >= 0.6 is 0 Å². The number of hydrogen-bond acceptors (Lipinski definition) is 3. The van der Waals surface area contributed by atoms with E-state index in [1.54, 1.807) is 10.9 Å². The molecule has 0 bridgehead atoms. The van der Waals surface area contributed by atoms with Crippen molar-refractivity contribution in [3.63, 3.8) is 0 Å². The highest BCUT2D eigenvalue weighted by atomic mass is 16.5. The van der Waals surface area contributed by atoms with Crippen molar-refractivity contribution < 1.29 is 4.74 Å². The highest BCUT2D eigenvalue weighted by Crippen LogP contribution is 2.15. The SMILES string of the molecule is CC(C)CCCOc1ccc(-n2ccnn2)cc1. The molecular formula is C14H19N3O. The number of hydrogen-bond donors (Lipinski definition) is 0. The van der Waals surface area contributed by atoms with Gasteiger partial charge in [-0.15, -0.1) is 5.10 Å². The summed E-state index contributed by atoms with van der Waals surface area (Å²) in [5.41, 5.74) is 0.988. The van der Waals surface area contributed by atoms with Gasteiger partial charge in [-0.05, 0) is 43.0 Å². The normalized spacial score (nSPS) is 10.8. The van der Waals surface area contributed by atoms with E-state index in [1.807, 2.05) is 30.5 Å². The summed E-state index contributed by atoms with van der Waals surface area (Å²) in [5.74, 6) is 1.64. The van der Waals surface area contributed by atoms with E-state index < -0.39 is 0 Å². The van der Waals surface area contributed by atoms with E-state index in [0.29, 0.717) is 0 Å². The van der Waals surface area contributed by atoms with Crippen molar-refractivity contribution in [1.82, 2.24) is 15.0 Å². The molecule has 96 valence electrons. The molecule has 1 aromatic heterocycles. The molecule has 0 radical (unpaired) electrons. The third-order valence-electron chi connectivity index (χ3n) is 2.72. The molecule has 0 spiro atoms. The predicted molar refractivity (Wildman–Crippen MR) is 70.9 cm³/mol. The maximum absolute atomic E-state index is 5.68. The minimum absolute atomic E-state index is 0.739. The zero-order valence-electron chi connectivity index (χ0n) is 10.9. The quantitative estimate of drug-likeness (QED) is 0.734. The summed E-state index contributed by atoms with van der Waals surface area (Å²) in [6.07, 6.45) is 5.79. The van der Waals surface area contributed by atoms with E-state index in [9.17, 15) is 0 Å². The van der Waals surface area contributed by atoms with Crippen molar-refractivity contribution in [3.8, 4) is 11.4 Å². The van der Waals surface area contributed by atoms with Crippen LogP contribution in [0.15, 0.2) is 36.7 Å². The van der Waals surface area contributed by atoms with Crippen LogP contribution in [0.4, 0.5) is 0 Å².